The van der Waals surface area contributed by atoms with Gasteiger partial charge in [0.2, 0.25) is 5.95 Å². The molecule has 0 saturated carbocycles. The maximum atomic E-state index is 12.7. The van der Waals surface area contributed by atoms with Crippen LogP contribution >= 0.6 is 0 Å². The zero-order chi connectivity index (χ0) is 20.5. The number of piperidine rings is 1. The minimum Gasteiger partial charge on any atom is -0.349 e. The summed E-state index contributed by atoms with van der Waals surface area (Å²) in [6, 6.07) is 9.51. The molecular formula is C22H31N5O. The third-order valence-electron chi connectivity index (χ3n) is 4.91. The van der Waals surface area contributed by atoms with Gasteiger partial charge in [0, 0.05) is 39.8 Å². The number of nitrogens with zero attached hydrogens (tertiary/aromatic N) is 2. The molecule has 0 atom stereocenters. The highest BCUT2D eigenvalue weighted by Crippen LogP contribution is 2.28. The monoisotopic (exact) mass is 381 g/mol. The molecule has 6 nitrogen and oxygen atoms in total. The molecule has 3 N–H and O–H groups in total. The number of aryl methyl sites for hydroxylation is 2. The number of carbonyl (C=O) groups is 1. The van der Waals surface area contributed by atoms with Gasteiger partial charge in [0.25, 0.3) is 5.91 Å². The molecule has 0 spiro atoms. The highest BCUT2D eigenvalue weighted by Gasteiger charge is 2.38. The Morgan fingerprint density at radius 1 is 1.00 bits per heavy atom. The first kappa shape index (κ1) is 20.3. The van der Waals surface area contributed by atoms with Crippen LogP contribution < -0.4 is 16.0 Å². The van der Waals surface area contributed by atoms with Crippen molar-refractivity contribution in [2.24, 2.45) is 0 Å². The number of amides is 1. The molecule has 1 saturated heterocycles. The summed E-state index contributed by atoms with van der Waals surface area (Å²) in [4.78, 5) is 21.5. The standard InChI is InChI=1S/C22H31N5O/c1-14-11-15(2)24-20(23-14)26-17-9-7-16(8-10-17)19(28)25-18-12-21(3,4)27-22(5,6)13-18/h7-11,18,27H,12-13H2,1-6H3,(H,25,28)(H,23,24,26). The van der Waals surface area contributed by atoms with Crippen LogP contribution in [0.15, 0.2) is 30.3 Å². The van der Waals surface area contributed by atoms with E-state index in [-0.39, 0.29) is 23.0 Å². The molecule has 1 aliphatic rings. The molecule has 1 amide bonds. The lowest BCUT2D eigenvalue weighted by Gasteiger charge is -2.46. The Kier molecular flexibility index (Phi) is 5.44. The number of carbonyl (C=O) groups excluding carboxylic acids is 1. The number of anilines is 2. The number of benzene rings is 1. The Hall–Kier alpha value is -2.47. The van der Waals surface area contributed by atoms with E-state index in [1.807, 2.05) is 44.2 Å². The van der Waals surface area contributed by atoms with Crippen LogP contribution in [0.5, 0.6) is 0 Å². The topological polar surface area (TPSA) is 78.9 Å². The third kappa shape index (κ3) is 5.29. The van der Waals surface area contributed by atoms with Crippen molar-refractivity contribution in [3.63, 3.8) is 0 Å². The van der Waals surface area contributed by atoms with E-state index in [0.29, 0.717) is 11.5 Å². The smallest absolute Gasteiger partial charge is 0.251 e. The van der Waals surface area contributed by atoms with Crippen molar-refractivity contribution >= 4 is 17.5 Å². The van der Waals surface area contributed by atoms with E-state index >= 15 is 0 Å². The second-order valence-electron chi connectivity index (χ2n) is 9.15. The Labute approximate surface area is 167 Å². The lowest BCUT2D eigenvalue weighted by Crippen LogP contribution is -2.62. The van der Waals surface area contributed by atoms with Crippen LogP contribution in [0.2, 0.25) is 0 Å². The molecule has 150 valence electrons. The zero-order valence-electron chi connectivity index (χ0n) is 17.7. The molecule has 2 aromatic rings. The highest BCUT2D eigenvalue weighted by molar-refractivity contribution is 5.94. The highest BCUT2D eigenvalue weighted by atomic mass is 16.1. The summed E-state index contributed by atoms with van der Waals surface area (Å²) < 4.78 is 0. The molecule has 0 aliphatic carbocycles. The summed E-state index contributed by atoms with van der Waals surface area (Å²) in [5.74, 6) is 0.529. The lowest BCUT2D eigenvalue weighted by molar-refractivity contribution is 0.0873. The summed E-state index contributed by atoms with van der Waals surface area (Å²) in [5, 5.41) is 10.0. The van der Waals surface area contributed by atoms with Gasteiger partial charge in [-0.2, -0.15) is 0 Å². The minimum absolute atomic E-state index is 0.000576. The SMILES string of the molecule is Cc1cc(C)nc(Nc2ccc(C(=O)NC3CC(C)(C)NC(C)(C)C3)cc2)n1. The number of hydrogen-bond acceptors (Lipinski definition) is 5. The van der Waals surface area contributed by atoms with E-state index in [9.17, 15) is 4.79 Å². The molecule has 0 bridgehead atoms. The van der Waals surface area contributed by atoms with Gasteiger partial charge in [0.1, 0.15) is 0 Å². The Morgan fingerprint density at radius 2 is 1.54 bits per heavy atom. The number of rotatable bonds is 4. The van der Waals surface area contributed by atoms with E-state index in [4.69, 9.17) is 0 Å². The van der Waals surface area contributed by atoms with Gasteiger partial charge in [-0.1, -0.05) is 0 Å². The molecule has 6 heteroatoms. The first-order valence-corrected chi connectivity index (χ1v) is 9.81. The molecule has 1 fully saturated rings. The maximum absolute atomic E-state index is 12.7. The summed E-state index contributed by atoms with van der Waals surface area (Å²) in [6.07, 6.45) is 1.82. The first-order chi connectivity index (χ1) is 13.0. The Bertz CT molecular complexity index is 821. The van der Waals surface area contributed by atoms with Crippen LogP contribution in [0, 0.1) is 13.8 Å². The van der Waals surface area contributed by atoms with E-state index in [0.717, 1.165) is 29.9 Å². The molecule has 0 radical (unpaired) electrons. The number of hydrogen-bond donors (Lipinski definition) is 3. The summed E-state index contributed by atoms with van der Waals surface area (Å²) in [6.45, 7) is 12.6. The fourth-order valence-electron chi connectivity index (χ4n) is 4.31. The quantitative estimate of drug-likeness (QED) is 0.749. The van der Waals surface area contributed by atoms with Gasteiger partial charge in [-0.25, -0.2) is 9.97 Å². The number of nitrogens with one attached hydrogen (secondary N) is 3. The fraction of sp³-hybridized carbons (Fsp3) is 0.500. The second kappa shape index (κ2) is 7.51. The predicted octanol–water partition coefficient (Wildman–Crippen LogP) is 3.88. The van der Waals surface area contributed by atoms with Gasteiger partial charge in [-0.05, 0) is 84.7 Å². The lowest BCUT2D eigenvalue weighted by atomic mass is 9.79. The van der Waals surface area contributed by atoms with Gasteiger partial charge in [-0.3, -0.25) is 4.79 Å². The van der Waals surface area contributed by atoms with Gasteiger partial charge in [0.15, 0.2) is 0 Å². The molecule has 1 aromatic heterocycles. The molecule has 0 unspecified atom stereocenters. The minimum atomic E-state index is -0.0345. The van der Waals surface area contributed by atoms with Crippen LogP contribution in [-0.4, -0.2) is 33.0 Å². The van der Waals surface area contributed by atoms with Crippen molar-refractivity contribution in [3.05, 3.63) is 47.3 Å². The van der Waals surface area contributed by atoms with Gasteiger partial charge in [0.05, 0.1) is 0 Å². The Balaban J connectivity index is 1.65. The van der Waals surface area contributed by atoms with Crippen molar-refractivity contribution < 1.29 is 4.79 Å². The van der Waals surface area contributed by atoms with Crippen molar-refractivity contribution in [3.8, 4) is 0 Å². The van der Waals surface area contributed by atoms with E-state index < -0.39 is 0 Å². The average molecular weight is 382 g/mol. The van der Waals surface area contributed by atoms with Crippen LogP contribution in [-0.2, 0) is 0 Å². The molecule has 3 rings (SSSR count). The molecule has 1 aromatic carbocycles. The molecule has 28 heavy (non-hydrogen) atoms. The van der Waals surface area contributed by atoms with Crippen molar-refractivity contribution in [2.75, 3.05) is 5.32 Å². The van der Waals surface area contributed by atoms with Gasteiger partial charge in [-0.15, -0.1) is 0 Å². The average Bonchev–Trinajstić information content (AvgIpc) is 2.51. The van der Waals surface area contributed by atoms with E-state index in [1.54, 1.807) is 0 Å². The third-order valence-corrected chi connectivity index (χ3v) is 4.91. The summed E-state index contributed by atoms with van der Waals surface area (Å²) >= 11 is 0. The second-order valence-corrected chi connectivity index (χ2v) is 9.15. The molecular weight excluding hydrogens is 350 g/mol. The summed E-state index contributed by atoms with van der Waals surface area (Å²) in [5.41, 5.74) is 3.34. The first-order valence-electron chi connectivity index (χ1n) is 9.81. The van der Waals surface area contributed by atoms with Crippen LogP contribution in [0.1, 0.15) is 62.3 Å². The van der Waals surface area contributed by atoms with Gasteiger partial charge >= 0.3 is 0 Å². The normalized spacial score (nSPS) is 18.5. The van der Waals surface area contributed by atoms with Crippen LogP contribution in [0.25, 0.3) is 0 Å². The zero-order valence-corrected chi connectivity index (χ0v) is 17.7. The van der Waals surface area contributed by atoms with Crippen molar-refractivity contribution in [1.82, 2.24) is 20.6 Å². The van der Waals surface area contributed by atoms with Crippen molar-refractivity contribution in [1.29, 1.82) is 0 Å². The maximum Gasteiger partial charge on any atom is 0.251 e. The molecule has 1 aliphatic heterocycles. The van der Waals surface area contributed by atoms with Crippen molar-refractivity contribution in [2.45, 2.75) is 71.5 Å². The number of aromatic nitrogens is 2. The van der Waals surface area contributed by atoms with Crippen LogP contribution in [0.3, 0.4) is 0 Å². The van der Waals surface area contributed by atoms with E-state index in [2.05, 4.69) is 53.6 Å². The van der Waals surface area contributed by atoms with Crippen LogP contribution in [0.4, 0.5) is 11.6 Å². The van der Waals surface area contributed by atoms with E-state index in [1.165, 1.54) is 0 Å². The molecule has 2 heterocycles. The summed E-state index contributed by atoms with van der Waals surface area (Å²) in [7, 11) is 0. The fourth-order valence-corrected chi connectivity index (χ4v) is 4.31. The van der Waals surface area contributed by atoms with Gasteiger partial charge < -0.3 is 16.0 Å². The Morgan fingerprint density at radius 3 is 2.07 bits per heavy atom. The predicted molar refractivity (Wildman–Crippen MR) is 113 cm³/mol. The largest absolute Gasteiger partial charge is 0.349 e.